The molecule has 0 amide bonds. The minimum absolute atomic E-state index is 0.968. The minimum Gasteiger partial charge on any atom is -0.253 e. The van der Waals surface area contributed by atoms with Crippen molar-refractivity contribution in [3.63, 3.8) is 0 Å². The predicted molar refractivity (Wildman–Crippen MR) is 92.6 cm³/mol. The standard InChI is InChI=1S/C17H15BrN2S/c1-3-12-5-4-10-19-16(12)17-20-15(11(2)21-17)13-6-8-14(18)9-7-13/h4-10H,3H2,1-2H3. The van der Waals surface area contributed by atoms with Crippen molar-refractivity contribution in [1.29, 1.82) is 0 Å². The fourth-order valence-electron chi connectivity index (χ4n) is 2.29. The zero-order chi connectivity index (χ0) is 14.8. The Kier molecular flexibility index (Phi) is 4.17. The molecule has 0 radical (unpaired) electrons. The van der Waals surface area contributed by atoms with E-state index in [9.17, 15) is 0 Å². The summed E-state index contributed by atoms with van der Waals surface area (Å²) >= 11 is 5.18. The summed E-state index contributed by atoms with van der Waals surface area (Å²) in [7, 11) is 0. The van der Waals surface area contributed by atoms with Gasteiger partial charge in [0.25, 0.3) is 0 Å². The van der Waals surface area contributed by atoms with Gasteiger partial charge in [0.1, 0.15) is 10.7 Å². The zero-order valence-electron chi connectivity index (χ0n) is 11.9. The molecule has 1 aromatic carbocycles. The van der Waals surface area contributed by atoms with E-state index in [0.717, 1.165) is 32.9 Å². The monoisotopic (exact) mass is 358 g/mol. The highest BCUT2D eigenvalue weighted by atomic mass is 79.9. The first kappa shape index (κ1) is 14.4. The van der Waals surface area contributed by atoms with Crippen LogP contribution in [0.2, 0.25) is 0 Å². The molecule has 0 aliphatic heterocycles. The zero-order valence-corrected chi connectivity index (χ0v) is 14.3. The molecule has 2 heterocycles. The molecule has 0 spiro atoms. The summed E-state index contributed by atoms with van der Waals surface area (Å²) in [4.78, 5) is 10.6. The SMILES string of the molecule is CCc1cccnc1-c1nc(-c2ccc(Br)cc2)c(C)s1. The molecular formula is C17H15BrN2S. The van der Waals surface area contributed by atoms with Gasteiger partial charge in [-0.15, -0.1) is 11.3 Å². The van der Waals surface area contributed by atoms with Gasteiger partial charge in [0, 0.05) is 21.1 Å². The Labute approximate surface area is 137 Å². The Hall–Kier alpha value is -1.52. The van der Waals surface area contributed by atoms with E-state index in [1.165, 1.54) is 10.4 Å². The van der Waals surface area contributed by atoms with Crippen LogP contribution in [0.1, 0.15) is 17.4 Å². The number of benzene rings is 1. The number of aromatic nitrogens is 2. The van der Waals surface area contributed by atoms with Crippen molar-refractivity contribution in [3.05, 3.63) is 57.5 Å². The van der Waals surface area contributed by atoms with Crippen molar-refractivity contribution in [3.8, 4) is 22.0 Å². The Bertz CT molecular complexity index is 763. The maximum atomic E-state index is 4.83. The third-order valence-electron chi connectivity index (χ3n) is 3.39. The largest absolute Gasteiger partial charge is 0.253 e. The van der Waals surface area contributed by atoms with E-state index < -0.39 is 0 Å². The summed E-state index contributed by atoms with van der Waals surface area (Å²) in [5.41, 5.74) is 4.45. The summed E-state index contributed by atoms with van der Waals surface area (Å²) in [6.45, 7) is 4.27. The van der Waals surface area contributed by atoms with E-state index in [4.69, 9.17) is 4.98 Å². The van der Waals surface area contributed by atoms with Crippen LogP contribution < -0.4 is 0 Å². The highest BCUT2D eigenvalue weighted by Gasteiger charge is 2.14. The van der Waals surface area contributed by atoms with Crippen LogP contribution in [0.25, 0.3) is 22.0 Å². The molecule has 21 heavy (non-hydrogen) atoms. The Morgan fingerprint density at radius 2 is 1.86 bits per heavy atom. The molecule has 0 atom stereocenters. The summed E-state index contributed by atoms with van der Waals surface area (Å²) in [6.07, 6.45) is 2.81. The summed E-state index contributed by atoms with van der Waals surface area (Å²) in [5, 5.41) is 1.00. The molecule has 2 nitrogen and oxygen atoms in total. The van der Waals surface area contributed by atoms with Crippen LogP contribution in [0, 0.1) is 6.92 Å². The smallest absolute Gasteiger partial charge is 0.143 e. The quantitative estimate of drug-likeness (QED) is 0.617. The lowest BCUT2D eigenvalue weighted by atomic mass is 10.1. The highest BCUT2D eigenvalue weighted by molar-refractivity contribution is 9.10. The van der Waals surface area contributed by atoms with Gasteiger partial charge in [-0.2, -0.15) is 0 Å². The second-order valence-electron chi connectivity index (χ2n) is 4.80. The van der Waals surface area contributed by atoms with E-state index in [0.29, 0.717) is 0 Å². The fraction of sp³-hybridized carbons (Fsp3) is 0.176. The summed E-state index contributed by atoms with van der Waals surface area (Å²) < 4.78 is 1.08. The van der Waals surface area contributed by atoms with Gasteiger partial charge in [-0.25, -0.2) is 4.98 Å². The average molecular weight is 359 g/mol. The molecule has 0 fully saturated rings. The third-order valence-corrected chi connectivity index (χ3v) is 4.90. The number of nitrogens with zero attached hydrogens (tertiary/aromatic N) is 2. The molecule has 0 unspecified atom stereocenters. The van der Waals surface area contributed by atoms with Crippen LogP contribution >= 0.6 is 27.3 Å². The maximum Gasteiger partial charge on any atom is 0.143 e. The van der Waals surface area contributed by atoms with Gasteiger partial charge in [0.15, 0.2) is 0 Å². The number of pyridine rings is 1. The minimum atomic E-state index is 0.968. The van der Waals surface area contributed by atoms with E-state index in [1.807, 2.05) is 24.4 Å². The second kappa shape index (κ2) is 6.08. The average Bonchev–Trinajstić information content (AvgIpc) is 2.90. The first-order chi connectivity index (χ1) is 10.2. The number of hydrogen-bond donors (Lipinski definition) is 0. The first-order valence-corrected chi connectivity index (χ1v) is 8.47. The number of hydrogen-bond acceptors (Lipinski definition) is 3. The van der Waals surface area contributed by atoms with Gasteiger partial charge in [0.2, 0.25) is 0 Å². The second-order valence-corrected chi connectivity index (χ2v) is 6.91. The van der Waals surface area contributed by atoms with Gasteiger partial charge in [-0.3, -0.25) is 4.98 Å². The summed E-state index contributed by atoms with van der Waals surface area (Å²) in [6, 6.07) is 12.4. The molecule has 4 heteroatoms. The Morgan fingerprint density at radius 3 is 2.57 bits per heavy atom. The molecule has 0 aliphatic rings. The van der Waals surface area contributed by atoms with E-state index >= 15 is 0 Å². The van der Waals surface area contributed by atoms with Crippen molar-refractivity contribution in [1.82, 2.24) is 9.97 Å². The molecule has 0 bridgehead atoms. The van der Waals surface area contributed by atoms with Crippen molar-refractivity contribution >= 4 is 27.3 Å². The lowest BCUT2D eigenvalue weighted by molar-refractivity contribution is 1.10. The lowest BCUT2D eigenvalue weighted by Crippen LogP contribution is -1.90. The Balaban J connectivity index is 2.07. The van der Waals surface area contributed by atoms with E-state index in [-0.39, 0.29) is 0 Å². The first-order valence-electron chi connectivity index (χ1n) is 6.86. The Morgan fingerprint density at radius 1 is 1.10 bits per heavy atom. The van der Waals surface area contributed by atoms with Crippen LogP contribution in [0.3, 0.4) is 0 Å². The van der Waals surface area contributed by atoms with Crippen molar-refractivity contribution in [2.24, 2.45) is 0 Å². The topological polar surface area (TPSA) is 25.8 Å². The van der Waals surface area contributed by atoms with Crippen LogP contribution in [-0.4, -0.2) is 9.97 Å². The molecular weight excluding hydrogens is 344 g/mol. The van der Waals surface area contributed by atoms with Gasteiger partial charge in [0.05, 0.1) is 5.69 Å². The van der Waals surface area contributed by atoms with E-state index in [1.54, 1.807) is 11.3 Å². The van der Waals surface area contributed by atoms with Crippen molar-refractivity contribution in [2.45, 2.75) is 20.3 Å². The highest BCUT2D eigenvalue weighted by Crippen LogP contribution is 2.34. The normalized spacial score (nSPS) is 10.8. The molecule has 0 aliphatic carbocycles. The van der Waals surface area contributed by atoms with Crippen molar-refractivity contribution < 1.29 is 0 Å². The lowest BCUT2D eigenvalue weighted by Gasteiger charge is -2.02. The molecule has 0 N–H and O–H groups in total. The number of rotatable bonds is 3. The predicted octanol–water partition coefficient (Wildman–Crippen LogP) is 5.51. The molecule has 2 aromatic heterocycles. The molecule has 3 aromatic rings. The molecule has 106 valence electrons. The van der Waals surface area contributed by atoms with Crippen LogP contribution in [-0.2, 0) is 6.42 Å². The van der Waals surface area contributed by atoms with Crippen LogP contribution in [0.5, 0.6) is 0 Å². The van der Waals surface area contributed by atoms with Gasteiger partial charge in [-0.05, 0) is 37.1 Å². The molecule has 0 saturated carbocycles. The molecule has 0 saturated heterocycles. The van der Waals surface area contributed by atoms with Gasteiger partial charge >= 0.3 is 0 Å². The number of thiazole rings is 1. The van der Waals surface area contributed by atoms with Crippen molar-refractivity contribution in [2.75, 3.05) is 0 Å². The van der Waals surface area contributed by atoms with Gasteiger partial charge < -0.3 is 0 Å². The van der Waals surface area contributed by atoms with Crippen LogP contribution in [0.15, 0.2) is 47.1 Å². The van der Waals surface area contributed by atoms with Gasteiger partial charge in [-0.1, -0.05) is 41.1 Å². The summed E-state index contributed by atoms with van der Waals surface area (Å²) in [5.74, 6) is 0. The maximum absolute atomic E-state index is 4.83. The van der Waals surface area contributed by atoms with Crippen LogP contribution in [0.4, 0.5) is 0 Å². The fourth-order valence-corrected chi connectivity index (χ4v) is 3.52. The molecule has 3 rings (SSSR count). The van der Waals surface area contributed by atoms with E-state index in [2.05, 4.69) is 53.0 Å². The number of halogens is 1. The number of aryl methyl sites for hydroxylation is 2. The third kappa shape index (κ3) is 2.92.